The number of anilines is 2. The number of aromatic amines is 1. The number of ether oxygens (including phenoxy) is 2. The summed E-state index contributed by atoms with van der Waals surface area (Å²) in [6.07, 6.45) is 4.01. The molecule has 5 aromatic rings. The molecule has 0 bridgehead atoms. The van der Waals surface area contributed by atoms with Crippen molar-refractivity contribution in [3.8, 4) is 11.5 Å². The topological polar surface area (TPSA) is 122 Å². The van der Waals surface area contributed by atoms with Gasteiger partial charge in [0, 0.05) is 45.2 Å². The number of thioether (sulfide) groups is 1. The van der Waals surface area contributed by atoms with Gasteiger partial charge >= 0.3 is 0 Å². The van der Waals surface area contributed by atoms with Crippen LogP contribution in [0.3, 0.4) is 0 Å². The van der Waals surface area contributed by atoms with E-state index in [1.165, 1.54) is 18.9 Å². The van der Waals surface area contributed by atoms with Crippen molar-refractivity contribution in [1.82, 2.24) is 10.3 Å². The van der Waals surface area contributed by atoms with Gasteiger partial charge in [-0.2, -0.15) is 0 Å². The average molecular weight is 635 g/mol. The first kappa shape index (κ1) is 31.9. The maximum atomic E-state index is 13.6. The van der Waals surface area contributed by atoms with Crippen LogP contribution in [0.1, 0.15) is 29.3 Å². The van der Waals surface area contributed by atoms with Gasteiger partial charge in [0.05, 0.1) is 19.5 Å². The SMILES string of the molecule is CCC(Sc1cccc(NC(=O)/C(=C\c2ccc(OC)cc2OC)NC(=O)c2ccccc2)c1)C(=O)Nc1ccc2cc[nH]c2c1. The molecule has 0 fully saturated rings. The van der Waals surface area contributed by atoms with Crippen molar-refractivity contribution in [3.63, 3.8) is 0 Å². The van der Waals surface area contributed by atoms with Crippen LogP contribution in [0.2, 0.25) is 0 Å². The summed E-state index contributed by atoms with van der Waals surface area (Å²) in [6.45, 7) is 1.96. The number of hydrogen-bond donors (Lipinski definition) is 4. The second-order valence-electron chi connectivity index (χ2n) is 10.3. The normalized spacial score (nSPS) is 11.8. The number of fused-ring (bicyclic) bond motifs is 1. The quantitative estimate of drug-likeness (QED) is 0.0858. The summed E-state index contributed by atoms with van der Waals surface area (Å²) in [5.74, 6) is -0.0353. The molecule has 1 atom stereocenters. The van der Waals surface area contributed by atoms with Gasteiger partial charge in [-0.25, -0.2) is 0 Å². The Morgan fingerprint density at radius 2 is 1.65 bits per heavy atom. The summed E-state index contributed by atoms with van der Waals surface area (Å²) in [6, 6.07) is 28.8. The van der Waals surface area contributed by atoms with Crippen molar-refractivity contribution in [2.75, 3.05) is 24.9 Å². The van der Waals surface area contributed by atoms with Crippen LogP contribution in [0.5, 0.6) is 11.5 Å². The predicted octanol–water partition coefficient (Wildman–Crippen LogP) is 7.10. The molecule has 0 spiro atoms. The smallest absolute Gasteiger partial charge is 0.272 e. The van der Waals surface area contributed by atoms with Gasteiger partial charge < -0.3 is 30.4 Å². The maximum Gasteiger partial charge on any atom is 0.272 e. The van der Waals surface area contributed by atoms with Gasteiger partial charge in [0.1, 0.15) is 17.2 Å². The second-order valence-corrected chi connectivity index (χ2v) is 11.5. The molecular formula is C36H34N4O5S. The van der Waals surface area contributed by atoms with Crippen LogP contribution in [-0.2, 0) is 9.59 Å². The molecule has 9 nitrogen and oxygen atoms in total. The largest absolute Gasteiger partial charge is 0.497 e. The zero-order valence-electron chi connectivity index (χ0n) is 25.6. The molecule has 46 heavy (non-hydrogen) atoms. The lowest BCUT2D eigenvalue weighted by Crippen LogP contribution is -2.30. The highest BCUT2D eigenvalue weighted by molar-refractivity contribution is 8.00. The third-order valence-corrected chi connectivity index (χ3v) is 8.48. The minimum Gasteiger partial charge on any atom is -0.497 e. The third kappa shape index (κ3) is 7.96. The fraction of sp³-hybridized carbons (Fsp3) is 0.139. The number of aromatic nitrogens is 1. The molecule has 0 saturated carbocycles. The fourth-order valence-corrected chi connectivity index (χ4v) is 5.73. The number of rotatable bonds is 12. The van der Waals surface area contributed by atoms with Crippen LogP contribution in [-0.4, -0.2) is 42.2 Å². The molecule has 0 radical (unpaired) electrons. The lowest BCUT2D eigenvalue weighted by Gasteiger charge is -2.16. The van der Waals surface area contributed by atoms with E-state index in [4.69, 9.17) is 9.47 Å². The molecule has 234 valence electrons. The van der Waals surface area contributed by atoms with Crippen LogP contribution in [0.4, 0.5) is 11.4 Å². The first-order chi connectivity index (χ1) is 22.4. The van der Waals surface area contributed by atoms with E-state index in [2.05, 4.69) is 20.9 Å². The number of carbonyl (C=O) groups excluding carboxylic acids is 3. The maximum absolute atomic E-state index is 13.6. The number of hydrogen-bond acceptors (Lipinski definition) is 6. The van der Waals surface area contributed by atoms with Crippen molar-refractivity contribution in [1.29, 1.82) is 0 Å². The third-order valence-electron chi connectivity index (χ3n) is 7.13. The van der Waals surface area contributed by atoms with E-state index in [0.29, 0.717) is 40.4 Å². The number of amides is 3. The summed E-state index contributed by atoms with van der Waals surface area (Å²) in [7, 11) is 3.07. The monoisotopic (exact) mass is 634 g/mol. The van der Waals surface area contributed by atoms with Gasteiger partial charge in [0.25, 0.3) is 11.8 Å². The number of methoxy groups -OCH3 is 2. The van der Waals surface area contributed by atoms with Crippen molar-refractivity contribution in [2.45, 2.75) is 23.5 Å². The molecule has 1 aromatic heterocycles. The average Bonchev–Trinajstić information content (AvgIpc) is 3.55. The molecule has 0 aliphatic rings. The Labute approximate surface area is 271 Å². The Kier molecular flexibility index (Phi) is 10.4. The molecule has 0 aliphatic heterocycles. The Morgan fingerprint density at radius 1 is 0.848 bits per heavy atom. The van der Waals surface area contributed by atoms with Crippen LogP contribution < -0.4 is 25.4 Å². The summed E-state index contributed by atoms with van der Waals surface area (Å²) in [5.41, 5.74) is 3.15. The van der Waals surface area contributed by atoms with E-state index in [9.17, 15) is 14.4 Å². The Balaban J connectivity index is 1.34. The molecule has 1 heterocycles. The molecule has 4 N–H and O–H groups in total. The minimum absolute atomic E-state index is 0.0141. The highest BCUT2D eigenvalue weighted by atomic mass is 32.2. The number of nitrogens with one attached hydrogen (secondary N) is 4. The van der Waals surface area contributed by atoms with E-state index < -0.39 is 11.8 Å². The molecule has 3 amide bonds. The zero-order chi connectivity index (χ0) is 32.5. The summed E-state index contributed by atoms with van der Waals surface area (Å²) >= 11 is 1.41. The first-order valence-electron chi connectivity index (χ1n) is 14.6. The van der Waals surface area contributed by atoms with Crippen molar-refractivity contribution in [2.24, 2.45) is 0 Å². The van der Waals surface area contributed by atoms with E-state index in [0.717, 1.165) is 15.8 Å². The van der Waals surface area contributed by atoms with Gasteiger partial charge in [-0.3, -0.25) is 14.4 Å². The van der Waals surface area contributed by atoms with Gasteiger partial charge in [-0.1, -0.05) is 37.3 Å². The van der Waals surface area contributed by atoms with Gasteiger partial charge in [0.15, 0.2) is 0 Å². The number of carbonyl (C=O) groups is 3. The molecular weight excluding hydrogens is 600 g/mol. The molecule has 0 saturated heterocycles. The summed E-state index contributed by atoms with van der Waals surface area (Å²) in [4.78, 5) is 43.9. The van der Waals surface area contributed by atoms with Crippen molar-refractivity contribution in [3.05, 3.63) is 120 Å². The van der Waals surface area contributed by atoms with Crippen LogP contribution >= 0.6 is 11.8 Å². The molecule has 1 unspecified atom stereocenters. The van der Waals surface area contributed by atoms with Crippen LogP contribution in [0.25, 0.3) is 17.0 Å². The minimum atomic E-state index is -0.534. The molecule has 0 aliphatic carbocycles. The predicted molar refractivity (Wildman–Crippen MR) is 183 cm³/mol. The highest BCUT2D eigenvalue weighted by Gasteiger charge is 2.20. The second kappa shape index (κ2) is 15.0. The molecule has 5 rings (SSSR count). The van der Waals surface area contributed by atoms with Crippen molar-refractivity contribution < 1.29 is 23.9 Å². The van der Waals surface area contributed by atoms with Gasteiger partial charge in [0.2, 0.25) is 5.91 Å². The van der Waals surface area contributed by atoms with E-state index in [1.54, 1.807) is 73.8 Å². The lowest BCUT2D eigenvalue weighted by molar-refractivity contribution is -0.116. The summed E-state index contributed by atoms with van der Waals surface area (Å²) in [5, 5.41) is 9.35. The lowest BCUT2D eigenvalue weighted by atomic mass is 10.1. The molecule has 10 heteroatoms. The Hall–Kier alpha value is -5.48. The fourth-order valence-electron chi connectivity index (χ4n) is 4.72. The van der Waals surface area contributed by atoms with E-state index >= 15 is 0 Å². The standard InChI is InChI=1S/C36H34N4O5S/c1-4-33(36(43)39-27-15-13-23-17-18-37-30(23)21-27)46-29-12-8-11-26(20-29)38-35(42)31(40-34(41)24-9-6-5-7-10-24)19-25-14-16-28(44-2)22-32(25)45-3/h5-22,33,37H,4H2,1-3H3,(H,38,42)(H,39,43)(H,40,41)/b31-19+. The van der Waals surface area contributed by atoms with Gasteiger partial charge in [-0.05, 0) is 78.5 Å². The van der Waals surface area contributed by atoms with E-state index in [1.807, 2.05) is 49.5 Å². The first-order valence-corrected chi connectivity index (χ1v) is 15.5. The van der Waals surface area contributed by atoms with E-state index in [-0.39, 0.29) is 16.9 Å². The number of benzene rings is 4. The Bertz CT molecular complexity index is 1890. The van der Waals surface area contributed by atoms with Crippen LogP contribution in [0.15, 0.2) is 114 Å². The zero-order valence-corrected chi connectivity index (χ0v) is 26.4. The number of H-pyrrole nitrogens is 1. The van der Waals surface area contributed by atoms with Gasteiger partial charge in [-0.15, -0.1) is 11.8 Å². The highest BCUT2D eigenvalue weighted by Crippen LogP contribution is 2.30. The molecule has 4 aromatic carbocycles. The van der Waals surface area contributed by atoms with Crippen LogP contribution in [0, 0.1) is 0 Å². The Morgan fingerprint density at radius 3 is 2.41 bits per heavy atom. The van der Waals surface area contributed by atoms with Crippen molar-refractivity contribution >= 4 is 57.8 Å². The summed E-state index contributed by atoms with van der Waals surface area (Å²) < 4.78 is 10.8.